The van der Waals surface area contributed by atoms with Gasteiger partial charge in [0.15, 0.2) is 0 Å². The maximum Gasteiger partial charge on any atom is 0.251 e. The van der Waals surface area contributed by atoms with E-state index in [0.717, 1.165) is 24.3 Å². The molecule has 6 nitrogen and oxygen atoms in total. The lowest BCUT2D eigenvalue weighted by molar-refractivity contribution is -0.317. The molecule has 1 amide bonds. The summed E-state index contributed by atoms with van der Waals surface area (Å²) in [6, 6.07) is 2.60. The van der Waals surface area contributed by atoms with Crippen molar-refractivity contribution >= 4 is 17.8 Å². The lowest BCUT2D eigenvalue weighted by Crippen LogP contribution is -2.50. The van der Waals surface area contributed by atoms with E-state index in [1.54, 1.807) is 0 Å². The summed E-state index contributed by atoms with van der Waals surface area (Å²) in [6.07, 6.45) is -0.907. The van der Waals surface area contributed by atoms with E-state index in [1.807, 2.05) is 5.32 Å². The number of carbonyl (C=O) groups is 3. The molecule has 0 aromatic heterocycles. The second-order valence-electron chi connectivity index (χ2n) is 3.43. The van der Waals surface area contributed by atoms with Crippen LogP contribution < -0.4 is 15.5 Å². The number of carbonyl (C=O) groups excluding carboxylic acids is 3. The lowest BCUT2D eigenvalue weighted by atomic mass is 10.1. The van der Waals surface area contributed by atoms with Crippen LogP contribution in [-0.4, -0.2) is 23.9 Å². The van der Waals surface area contributed by atoms with Crippen molar-refractivity contribution in [1.82, 2.24) is 5.32 Å². The number of aliphatic carboxylic acids is 2. The molecule has 1 aromatic rings. The molecule has 0 heterocycles. The van der Waals surface area contributed by atoms with Crippen molar-refractivity contribution in [3.05, 3.63) is 35.6 Å². The molecule has 0 saturated heterocycles. The van der Waals surface area contributed by atoms with Gasteiger partial charge in [0, 0.05) is 18.0 Å². The number of amides is 1. The lowest BCUT2D eigenvalue weighted by Gasteiger charge is -2.20. The van der Waals surface area contributed by atoms with E-state index in [4.69, 9.17) is 0 Å². The van der Waals surface area contributed by atoms with E-state index >= 15 is 0 Å². The summed E-state index contributed by atoms with van der Waals surface area (Å²) in [7, 11) is 0. The number of halogens is 1. The number of carboxylic acid groups (broad SMARTS) is 2. The van der Waals surface area contributed by atoms with Gasteiger partial charge in [0.25, 0.3) is 5.91 Å². The minimum absolute atomic E-state index is 0.000924. The first-order chi connectivity index (χ1) is 8.40. The molecular formula is C11H8FNO5-2. The van der Waals surface area contributed by atoms with Gasteiger partial charge in [-0.25, -0.2) is 4.39 Å². The molecule has 18 heavy (non-hydrogen) atoms. The smallest absolute Gasteiger partial charge is 0.251 e. The summed E-state index contributed by atoms with van der Waals surface area (Å²) >= 11 is 0. The van der Waals surface area contributed by atoms with E-state index in [2.05, 4.69) is 0 Å². The number of benzene rings is 1. The highest BCUT2D eigenvalue weighted by Crippen LogP contribution is 2.03. The molecule has 1 N–H and O–H groups in total. The molecule has 0 aliphatic rings. The normalized spacial score (nSPS) is 11.6. The first-order valence-electron chi connectivity index (χ1n) is 4.87. The molecule has 0 unspecified atom stereocenters. The number of carboxylic acids is 2. The van der Waals surface area contributed by atoms with Gasteiger partial charge >= 0.3 is 0 Å². The molecule has 1 aromatic carbocycles. The van der Waals surface area contributed by atoms with Crippen LogP contribution in [-0.2, 0) is 9.59 Å². The first-order valence-corrected chi connectivity index (χ1v) is 4.87. The van der Waals surface area contributed by atoms with Crippen molar-refractivity contribution in [2.45, 2.75) is 12.5 Å². The van der Waals surface area contributed by atoms with Gasteiger partial charge in [0.1, 0.15) is 5.82 Å². The topological polar surface area (TPSA) is 109 Å². The fourth-order valence-corrected chi connectivity index (χ4v) is 1.20. The summed E-state index contributed by atoms with van der Waals surface area (Å²) in [5.74, 6) is -4.78. The fourth-order valence-electron chi connectivity index (χ4n) is 1.20. The molecule has 0 aliphatic carbocycles. The Morgan fingerprint density at radius 2 is 1.72 bits per heavy atom. The maximum absolute atomic E-state index is 12.6. The molecule has 96 valence electrons. The van der Waals surface area contributed by atoms with Crippen LogP contribution in [0.2, 0.25) is 0 Å². The highest BCUT2D eigenvalue weighted by atomic mass is 19.1. The monoisotopic (exact) mass is 253 g/mol. The average molecular weight is 253 g/mol. The van der Waals surface area contributed by atoms with Crippen LogP contribution >= 0.6 is 0 Å². The van der Waals surface area contributed by atoms with Crippen molar-refractivity contribution in [2.24, 2.45) is 0 Å². The third kappa shape index (κ3) is 3.85. The molecule has 1 atom stereocenters. The summed E-state index contributed by atoms with van der Waals surface area (Å²) < 4.78 is 12.6. The standard InChI is InChI=1S/C11H10FNO5/c12-7-3-1-6(2-4-7)10(16)13-8(11(17)18)5-9(14)15/h1-4,8H,5H2,(H,13,16)(H,14,15)(H,17,18)/p-2/t8-/m1/s1. The summed E-state index contributed by atoms with van der Waals surface area (Å²) in [5.41, 5.74) is 0.000924. The SMILES string of the molecule is O=C([O-])C[C@@H](NC(=O)c1ccc(F)cc1)C(=O)[O-]. The Morgan fingerprint density at radius 1 is 1.17 bits per heavy atom. The molecule has 0 bridgehead atoms. The highest BCUT2D eigenvalue weighted by Gasteiger charge is 2.15. The van der Waals surface area contributed by atoms with Crippen molar-refractivity contribution < 1.29 is 29.0 Å². The predicted molar refractivity (Wildman–Crippen MR) is 52.3 cm³/mol. The van der Waals surface area contributed by atoms with E-state index in [0.29, 0.717) is 0 Å². The van der Waals surface area contributed by atoms with E-state index in [-0.39, 0.29) is 5.56 Å². The Labute approximate surface area is 101 Å². The quantitative estimate of drug-likeness (QED) is 0.641. The van der Waals surface area contributed by atoms with Crippen molar-refractivity contribution in [3.8, 4) is 0 Å². The zero-order valence-electron chi connectivity index (χ0n) is 9.01. The van der Waals surface area contributed by atoms with Crippen LogP contribution in [0.3, 0.4) is 0 Å². The highest BCUT2D eigenvalue weighted by molar-refractivity contribution is 5.96. The summed E-state index contributed by atoms with van der Waals surface area (Å²) in [5, 5.41) is 22.8. The average Bonchev–Trinajstić information content (AvgIpc) is 2.28. The van der Waals surface area contributed by atoms with Crippen LogP contribution in [0.5, 0.6) is 0 Å². The maximum atomic E-state index is 12.6. The molecule has 7 heteroatoms. The van der Waals surface area contributed by atoms with Crippen LogP contribution in [0, 0.1) is 5.82 Å². The van der Waals surface area contributed by atoms with Gasteiger partial charge in [-0.1, -0.05) is 0 Å². The van der Waals surface area contributed by atoms with Gasteiger partial charge in [-0.2, -0.15) is 0 Å². The molecular weight excluding hydrogens is 245 g/mol. The summed E-state index contributed by atoms with van der Waals surface area (Å²) in [4.78, 5) is 32.4. The van der Waals surface area contributed by atoms with E-state index in [1.165, 1.54) is 0 Å². The van der Waals surface area contributed by atoms with Gasteiger partial charge in [0.05, 0.1) is 12.0 Å². The minimum Gasteiger partial charge on any atom is -0.550 e. The molecule has 0 spiro atoms. The Hall–Kier alpha value is -2.44. The molecule has 0 radical (unpaired) electrons. The molecule has 0 aliphatic heterocycles. The second-order valence-corrected chi connectivity index (χ2v) is 3.43. The van der Waals surface area contributed by atoms with Gasteiger partial charge in [-0.05, 0) is 24.3 Å². The van der Waals surface area contributed by atoms with Crippen LogP contribution in [0.4, 0.5) is 4.39 Å². The van der Waals surface area contributed by atoms with Crippen molar-refractivity contribution in [2.75, 3.05) is 0 Å². The number of rotatable bonds is 5. The number of nitrogens with one attached hydrogen (secondary N) is 1. The fraction of sp³-hybridized carbons (Fsp3) is 0.182. The molecule has 0 saturated carbocycles. The van der Waals surface area contributed by atoms with E-state index < -0.39 is 36.1 Å². The Bertz CT molecular complexity index is 471. The third-order valence-corrected chi connectivity index (χ3v) is 2.07. The van der Waals surface area contributed by atoms with Gasteiger partial charge < -0.3 is 25.1 Å². The number of hydrogen-bond donors (Lipinski definition) is 1. The predicted octanol–water partition coefficient (Wildman–Crippen LogP) is -2.19. The van der Waals surface area contributed by atoms with Crippen LogP contribution in [0.25, 0.3) is 0 Å². The largest absolute Gasteiger partial charge is 0.550 e. The zero-order valence-corrected chi connectivity index (χ0v) is 9.01. The number of hydrogen-bond acceptors (Lipinski definition) is 5. The van der Waals surface area contributed by atoms with Crippen LogP contribution in [0.15, 0.2) is 24.3 Å². The third-order valence-electron chi connectivity index (χ3n) is 2.07. The van der Waals surface area contributed by atoms with Crippen molar-refractivity contribution in [1.29, 1.82) is 0 Å². The van der Waals surface area contributed by atoms with Gasteiger partial charge in [-0.15, -0.1) is 0 Å². The van der Waals surface area contributed by atoms with Gasteiger partial charge in [0.2, 0.25) is 0 Å². The second kappa shape index (κ2) is 5.76. The Kier molecular flexibility index (Phi) is 4.36. The molecule has 0 fully saturated rings. The van der Waals surface area contributed by atoms with Crippen LogP contribution in [0.1, 0.15) is 16.8 Å². The Morgan fingerprint density at radius 3 is 2.17 bits per heavy atom. The zero-order chi connectivity index (χ0) is 13.7. The first kappa shape index (κ1) is 13.6. The summed E-state index contributed by atoms with van der Waals surface area (Å²) in [6.45, 7) is 0. The van der Waals surface area contributed by atoms with Crippen molar-refractivity contribution in [3.63, 3.8) is 0 Å². The van der Waals surface area contributed by atoms with Gasteiger partial charge in [-0.3, -0.25) is 4.79 Å². The molecule has 1 rings (SSSR count). The Balaban J connectivity index is 2.75. The van der Waals surface area contributed by atoms with E-state index in [9.17, 15) is 29.0 Å². The minimum atomic E-state index is -1.74.